The molecule has 102 valence electrons. The average molecular weight is 285 g/mol. The summed E-state index contributed by atoms with van der Waals surface area (Å²) < 4.78 is 0. The summed E-state index contributed by atoms with van der Waals surface area (Å²) in [5.41, 5.74) is 1.27. The minimum atomic E-state index is 0.507. The van der Waals surface area contributed by atoms with E-state index in [-0.39, 0.29) is 0 Å². The molecule has 1 aliphatic heterocycles. The van der Waals surface area contributed by atoms with Crippen LogP contribution < -0.4 is 10.2 Å². The largest absolute Gasteiger partial charge is 0.344 e. The number of thiazole rings is 1. The van der Waals surface area contributed by atoms with Crippen LogP contribution in [0, 0.1) is 0 Å². The third-order valence-electron chi connectivity index (χ3n) is 3.21. The molecule has 1 aliphatic rings. The zero-order valence-electron chi connectivity index (χ0n) is 11.7. The lowest BCUT2D eigenvalue weighted by Gasteiger charge is -2.32. The van der Waals surface area contributed by atoms with Crippen molar-refractivity contribution in [2.75, 3.05) is 30.0 Å². The number of nitrogens with one attached hydrogen (secondary N) is 1. The quantitative estimate of drug-likeness (QED) is 0.920. The molecule has 2 rings (SSSR count). The van der Waals surface area contributed by atoms with Crippen LogP contribution in [0.5, 0.6) is 0 Å². The fourth-order valence-electron chi connectivity index (χ4n) is 2.22. The minimum Gasteiger partial charge on any atom is -0.344 e. The Morgan fingerprint density at radius 1 is 1.50 bits per heavy atom. The number of anilines is 1. The van der Waals surface area contributed by atoms with E-state index in [0.717, 1.165) is 13.1 Å². The summed E-state index contributed by atoms with van der Waals surface area (Å²) in [4.78, 5) is 8.77. The van der Waals surface area contributed by atoms with Crippen molar-refractivity contribution in [1.29, 1.82) is 0 Å². The summed E-state index contributed by atoms with van der Waals surface area (Å²) in [6, 6.07) is 0.609. The van der Waals surface area contributed by atoms with Crippen LogP contribution in [0.1, 0.15) is 37.3 Å². The van der Waals surface area contributed by atoms with Gasteiger partial charge in [0.15, 0.2) is 5.13 Å². The molecule has 3 nitrogen and oxygen atoms in total. The number of hydrogen-bond donors (Lipinski definition) is 1. The molecule has 0 aliphatic carbocycles. The molecule has 1 saturated heterocycles. The molecule has 18 heavy (non-hydrogen) atoms. The lowest BCUT2D eigenvalue weighted by atomic mass is 10.1. The van der Waals surface area contributed by atoms with Gasteiger partial charge < -0.3 is 10.2 Å². The van der Waals surface area contributed by atoms with E-state index in [9.17, 15) is 0 Å². The highest BCUT2D eigenvalue weighted by Crippen LogP contribution is 2.33. The standard InChI is InChI=1S/C13H23N3S2/c1-9(2)12-11(7-14-4)18-13(15-12)16-5-6-17-8-10(16)3/h9-10,14H,5-8H2,1-4H3. The average Bonchev–Trinajstić information content (AvgIpc) is 2.74. The van der Waals surface area contributed by atoms with E-state index in [1.807, 2.05) is 18.4 Å². The van der Waals surface area contributed by atoms with Gasteiger partial charge in [-0.1, -0.05) is 13.8 Å². The Balaban J connectivity index is 2.24. The Bertz CT molecular complexity index is 390. The first-order chi connectivity index (χ1) is 8.63. The molecule has 0 saturated carbocycles. The van der Waals surface area contributed by atoms with Crippen molar-refractivity contribution in [2.45, 2.75) is 39.3 Å². The second kappa shape index (κ2) is 6.26. The van der Waals surface area contributed by atoms with Gasteiger partial charge in [0, 0.05) is 35.5 Å². The van der Waals surface area contributed by atoms with Crippen LogP contribution in [-0.4, -0.2) is 36.1 Å². The normalized spacial score (nSPS) is 20.7. The minimum absolute atomic E-state index is 0.507. The molecule has 0 aromatic carbocycles. The molecule has 0 spiro atoms. The maximum Gasteiger partial charge on any atom is 0.186 e. The van der Waals surface area contributed by atoms with Crippen LogP contribution in [0.4, 0.5) is 5.13 Å². The van der Waals surface area contributed by atoms with Gasteiger partial charge in [-0.3, -0.25) is 0 Å². The first-order valence-electron chi connectivity index (χ1n) is 6.62. The van der Waals surface area contributed by atoms with Gasteiger partial charge in [-0.25, -0.2) is 4.98 Å². The van der Waals surface area contributed by atoms with Gasteiger partial charge in [0.1, 0.15) is 0 Å². The summed E-state index contributed by atoms with van der Waals surface area (Å²) in [6.07, 6.45) is 0. The Hall–Kier alpha value is -0.260. The Labute approximate surface area is 118 Å². The van der Waals surface area contributed by atoms with E-state index in [2.05, 4.69) is 42.7 Å². The summed E-state index contributed by atoms with van der Waals surface area (Å²) in [5.74, 6) is 2.95. The molecule has 0 radical (unpaired) electrons. The van der Waals surface area contributed by atoms with Crippen LogP contribution >= 0.6 is 23.1 Å². The Morgan fingerprint density at radius 3 is 2.89 bits per heavy atom. The zero-order valence-corrected chi connectivity index (χ0v) is 13.3. The van der Waals surface area contributed by atoms with Crippen molar-refractivity contribution >= 4 is 28.2 Å². The van der Waals surface area contributed by atoms with Crippen LogP contribution in [0.2, 0.25) is 0 Å². The van der Waals surface area contributed by atoms with Crippen molar-refractivity contribution in [3.63, 3.8) is 0 Å². The van der Waals surface area contributed by atoms with E-state index < -0.39 is 0 Å². The van der Waals surface area contributed by atoms with E-state index in [1.54, 1.807) is 0 Å². The SMILES string of the molecule is CNCc1sc(N2CCSCC2C)nc1C(C)C. The number of thioether (sulfide) groups is 1. The Morgan fingerprint density at radius 2 is 2.28 bits per heavy atom. The third kappa shape index (κ3) is 3.00. The lowest BCUT2D eigenvalue weighted by molar-refractivity contribution is 0.692. The topological polar surface area (TPSA) is 28.2 Å². The summed E-state index contributed by atoms with van der Waals surface area (Å²) in [6.45, 7) is 8.83. The summed E-state index contributed by atoms with van der Waals surface area (Å²) >= 11 is 3.92. The lowest BCUT2D eigenvalue weighted by Crippen LogP contribution is -2.40. The van der Waals surface area contributed by atoms with E-state index >= 15 is 0 Å². The molecule has 0 bridgehead atoms. The maximum atomic E-state index is 4.90. The predicted octanol–water partition coefficient (Wildman–Crippen LogP) is 2.93. The van der Waals surface area contributed by atoms with Gasteiger partial charge in [0.2, 0.25) is 0 Å². The van der Waals surface area contributed by atoms with Crippen molar-refractivity contribution < 1.29 is 0 Å². The first kappa shape index (κ1) is 14.2. The summed E-state index contributed by atoms with van der Waals surface area (Å²) in [5, 5.41) is 4.47. The fourth-order valence-corrected chi connectivity index (χ4v) is 4.59. The monoisotopic (exact) mass is 285 g/mol. The molecule has 1 N–H and O–H groups in total. The maximum absolute atomic E-state index is 4.90. The van der Waals surface area contributed by atoms with Crippen LogP contribution in [0.3, 0.4) is 0 Å². The van der Waals surface area contributed by atoms with Gasteiger partial charge in [-0.15, -0.1) is 11.3 Å². The molecule has 1 aromatic heterocycles. The highest BCUT2D eigenvalue weighted by atomic mass is 32.2. The molecule has 1 unspecified atom stereocenters. The van der Waals surface area contributed by atoms with Crippen molar-refractivity contribution in [3.05, 3.63) is 10.6 Å². The van der Waals surface area contributed by atoms with E-state index in [1.165, 1.54) is 27.2 Å². The second-order valence-corrected chi connectivity index (χ2v) is 7.32. The Kier molecular flexibility index (Phi) is 4.92. The van der Waals surface area contributed by atoms with E-state index in [4.69, 9.17) is 4.98 Å². The van der Waals surface area contributed by atoms with Gasteiger partial charge in [0.05, 0.1) is 5.69 Å². The van der Waals surface area contributed by atoms with Crippen LogP contribution in [0.25, 0.3) is 0 Å². The van der Waals surface area contributed by atoms with Crippen molar-refractivity contribution in [3.8, 4) is 0 Å². The molecule has 2 heterocycles. The molecule has 5 heteroatoms. The zero-order chi connectivity index (χ0) is 13.1. The molecule has 1 aromatic rings. The van der Waals surface area contributed by atoms with Crippen molar-refractivity contribution in [2.24, 2.45) is 0 Å². The fraction of sp³-hybridized carbons (Fsp3) is 0.769. The number of hydrogen-bond acceptors (Lipinski definition) is 5. The molecular weight excluding hydrogens is 262 g/mol. The van der Waals surface area contributed by atoms with Gasteiger partial charge in [-0.05, 0) is 19.9 Å². The molecular formula is C13H23N3S2. The second-order valence-electron chi connectivity index (χ2n) is 5.11. The first-order valence-corrected chi connectivity index (χ1v) is 8.59. The highest BCUT2D eigenvalue weighted by molar-refractivity contribution is 7.99. The van der Waals surface area contributed by atoms with Gasteiger partial charge in [-0.2, -0.15) is 11.8 Å². The van der Waals surface area contributed by atoms with Gasteiger partial charge >= 0.3 is 0 Å². The highest BCUT2D eigenvalue weighted by Gasteiger charge is 2.23. The molecule has 1 atom stereocenters. The van der Waals surface area contributed by atoms with Gasteiger partial charge in [0.25, 0.3) is 0 Å². The molecule has 0 amide bonds. The summed E-state index contributed by atoms with van der Waals surface area (Å²) in [7, 11) is 2.00. The smallest absolute Gasteiger partial charge is 0.186 e. The predicted molar refractivity (Wildman–Crippen MR) is 83.1 cm³/mol. The van der Waals surface area contributed by atoms with E-state index in [0.29, 0.717) is 12.0 Å². The van der Waals surface area contributed by atoms with Crippen LogP contribution in [0.15, 0.2) is 0 Å². The number of aromatic nitrogens is 1. The van der Waals surface area contributed by atoms with Crippen molar-refractivity contribution in [1.82, 2.24) is 10.3 Å². The number of rotatable bonds is 4. The van der Waals surface area contributed by atoms with Crippen LogP contribution in [-0.2, 0) is 6.54 Å². The third-order valence-corrected chi connectivity index (χ3v) is 5.51. The molecule has 1 fully saturated rings. The number of nitrogens with zero attached hydrogens (tertiary/aromatic N) is 2.